The Morgan fingerprint density at radius 2 is 1.51 bits per heavy atom. The lowest BCUT2D eigenvalue weighted by molar-refractivity contribution is -0.143. The Bertz CT molecular complexity index is 954. The molecule has 1 heterocycles. The van der Waals surface area contributed by atoms with Crippen molar-refractivity contribution in [1.82, 2.24) is 10.2 Å². The van der Waals surface area contributed by atoms with Gasteiger partial charge in [-0.05, 0) is 43.2 Å². The number of likely N-dealkylation sites (N-methyl/N-ethyl adjacent to an activating group) is 1. The van der Waals surface area contributed by atoms with Crippen molar-refractivity contribution in [2.75, 3.05) is 27.2 Å². The zero-order valence-corrected chi connectivity index (χ0v) is 20.0. The third-order valence-electron chi connectivity index (χ3n) is 4.98. The molecule has 1 N–H and O–H groups in total. The lowest BCUT2D eigenvalue weighted by Crippen LogP contribution is -2.37. The highest BCUT2D eigenvalue weighted by atomic mass is 19.4. The Kier molecular flexibility index (Phi) is 10.7. The van der Waals surface area contributed by atoms with Gasteiger partial charge in [-0.25, -0.2) is 0 Å². The van der Waals surface area contributed by atoms with Gasteiger partial charge in [-0.1, -0.05) is 30.3 Å². The first kappa shape index (κ1) is 29.8. The number of rotatable bonds is 4. The second-order valence-electron chi connectivity index (χ2n) is 7.82. The molecule has 1 aliphatic heterocycles. The number of nitrogens with one attached hydrogen (secondary N) is 1. The number of aliphatic imine (C=N–C) groups is 1. The average Bonchev–Trinajstić information content (AvgIpc) is 3.09. The van der Waals surface area contributed by atoms with Crippen molar-refractivity contribution in [3.05, 3.63) is 70.8 Å². The van der Waals surface area contributed by atoms with Crippen LogP contribution in [0.2, 0.25) is 0 Å². The zero-order valence-electron chi connectivity index (χ0n) is 20.0. The van der Waals surface area contributed by atoms with Crippen LogP contribution in [-0.4, -0.2) is 38.1 Å². The van der Waals surface area contributed by atoms with Crippen molar-refractivity contribution in [2.45, 2.75) is 38.3 Å². The molecule has 0 aromatic heterocycles. The maximum absolute atomic E-state index is 12.4. The SMILES string of the molecule is C#C.CCN=C1N[C@](C)(c2ccccc2)CN1C.COCc1cc(C(F)(F)F)cc(C(F)(F)F)c1. The quantitative estimate of drug-likeness (QED) is 0.417. The minimum Gasteiger partial charge on any atom is -0.380 e. The van der Waals surface area contributed by atoms with Crippen LogP contribution in [0, 0.1) is 12.8 Å². The van der Waals surface area contributed by atoms with E-state index >= 15 is 0 Å². The first-order chi connectivity index (χ1) is 16.3. The smallest absolute Gasteiger partial charge is 0.380 e. The van der Waals surface area contributed by atoms with Crippen molar-refractivity contribution < 1.29 is 31.1 Å². The van der Waals surface area contributed by atoms with Gasteiger partial charge in [0.1, 0.15) is 0 Å². The van der Waals surface area contributed by atoms with Gasteiger partial charge in [-0.3, -0.25) is 4.99 Å². The third kappa shape index (κ3) is 8.51. The standard InChI is InChI=1S/C13H19N3.C10H8F6O.C2H2/c1-4-14-12-15-13(2,10-16(12)3)11-8-6-5-7-9-11;1-17-5-6-2-7(9(11,12)13)4-8(3-6)10(14,15)16;1-2/h5-9H,4,10H2,1-3H3,(H,14,15);2-4H,5H2,1H3;1-2H/t13-;;/m0../s1. The van der Waals surface area contributed by atoms with Crippen molar-refractivity contribution in [1.29, 1.82) is 0 Å². The number of terminal acetylenes is 1. The van der Waals surface area contributed by atoms with Crippen molar-refractivity contribution >= 4 is 5.96 Å². The monoisotopic (exact) mass is 501 g/mol. The van der Waals surface area contributed by atoms with Crippen molar-refractivity contribution in [3.63, 3.8) is 0 Å². The average molecular weight is 502 g/mol. The van der Waals surface area contributed by atoms with E-state index in [-0.39, 0.29) is 23.8 Å². The van der Waals surface area contributed by atoms with Gasteiger partial charge in [0.2, 0.25) is 0 Å². The molecule has 0 spiro atoms. The van der Waals surface area contributed by atoms with Crippen LogP contribution < -0.4 is 5.32 Å². The van der Waals surface area contributed by atoms with Crippen molar-refractivity contribution in [3.8, 4) is 12.8 Å². The van der Waals surface area contributed by atoms with Crippen molar-refractivity contribution in [2.24, 2.45) is 4.99 Å². The summed E-state index contributed by atoms with van der Waals surface area (Å²) in [6, 6.07) is 11.9. The van der Waals surface area contributed by atoms with Crippen LogP contribution in [0.1, 0.15) is 36.1 Å². The summed E-state index contributed by atoms with van der Waals surface area (Å²) in [5.74, 6) is 0.994. The van der Waals surface area contributed by atoms with E-state index in [0.29, 0.717) is 12.1 Å². The molecule has 192 valence electrons. The number of alkyl halides is 6. The first-order valence-corrected chi connectivity index (χ1v) is 10.5. The van der Waals surface area contributed by atoms with E-state index in [2.05, 4.69) is 78.0 Å². The van der Waals surface area contributed by atoms with Gasteiger partial charge in [0.25, 0.3) is 0 Å². The Morgan fingerprint density at radius 3 is 1.94 bits per heavy atom. The topological polar surface area (TPSA) is 36.9 Å². The summed E-state index contributed by atoms with van der Waals surface area (Å²) in [6.45, 7) is 5.73. The van der Waals surface area contributed by atoms with Gasteiger partial charge in [0.15, 0.2) is 5.96 Å². The molecule has 2 aromatic rings. The van der Waals surface area contributed by atoms with Gasteiger partial charge in [0.05, 0.1) is 23.3 Å². The summed E-state index contributed by atoms with van der Waals surface area (Å²) in [5, 5.41) is 3.51. The van der Waals surface area contributed by atoms with E-state index in [9.17, 15) is 26.3 Å². The fraction of sp³-hybridized carbons (Fsp3) is 0.400. The highest BCUT2D eigenvalue weighted by Crippen LogP contribution is 2.36. The molecule has 35 heavy (non-hydrogen) atoms. The molecule has 1 fully saturated rings. The van der Waals surface area contributed by atoms with E-state index in [4.69, 9.17) is 0 Å². The summed E-state index contributed by atoms with van der Waals surface area (Å²) in [7, 11) is 3.27. The first-order valence-electron chi connectivity index (χ1n) is 10.5. The van der Waals surface area contributed by atoms with Crippen LogP contribution in [-0.2, 0) is 29.2 Å². The minimum atomic E-state index is -4.82. The number of halogens is 6. The third-order valence-corrected chi connectivity index (χ3v) is 4.98. The highest BCUT2D eigenvalue weighted by molar-refractivity contribution is 5.83. The predicted molar refractivity (Wildman–Crippen MR) is 125 cm³/mol. The summed E-state index contributed by atoms with van der Waals surface area (Å²) in [6.07, 6.45) is -1.63. The molecule has 0 radical (unpaired) electrons. The fourth-order valence-corrected chi connectivity index (χ4v) is 3.48. The number of guanidine groups is 1. The van der Waals surface area contributed by atoms with E-state index in [1.54, 1.807) is 0 Å². The van der Waals surface area contributed by atoms with Gasteiger partial charge in [0, 0.05) is 27.2 Å². The lowest BCUT2D eigenvalue weighted by atomic mass is 9.93. The molecule has 3 rings (SSSR count). The Balaban J connectivity index is 0.000000327. The second-order valence-corrected chi connectivity index (χ2v) is 7.82. The molecule has 1 atom stereocenters. The van der Waals surface area contributed by atoms with Crippen LogP contribution in [0.3, 0.4) is 0 Å². The maximum Gasteiger partial charge on any atom is 0.416 e. The normalized spacial score (nSPS) is 18.7. The van der Waals surface area contributed by atoms with Crippen LogP contribution in [0.25, 0.3) is 0 Å². The zero-order chi connectivity index (χ0) is 26.9. The molecule has 0 amide bonds. The summed E-state index contributed by atoms with van der Waals surface area (Å²) < 4.78 is 78.7. The molecule has 0 saturated carbocycles. The number of nitrogens with zero attached hydrogens (tertiary/aromatic N) is 2. The van der Waals surface area contributed by atoms with Gasteiger partial charge in [-0.2, -0.15) is 26.3 Å². The predicted octanol–water partition coefficient (Wildman–Crippen LogP) is 5.93. The van der Waals surface area contributed by atoms with Gasteiger partial charge < -0.3 is 15.0 Å². The Labute approximate surface area is 202 Å². The van der Waals surface area contributed by atoms with Gasteiger partial charge >= 0.3 is 12.4 Å². The summed E-state index contributed by atoms with van der Waals surface area (Å²) in [4.78, 5) is 6.63. The largest absolute Gasteiger partial charge is 0.416 e. The molecule has 4 nitrogen and oxygen atoms in total. The molecule has 0 unspecified atom stereocenters. The summed E-state index contributed by atoms with van der Waals surface area (Å²) in [5.41, 5.74) is -1.55. The van der Waals surface area contributed by atoms with E-state index < -0.39 is 23.5 Å². The fourth-order valence-electron chi connectivity index (χ4n) is 3.48. The maximum atomic E-state index is 12.4. The molecule has 1 saturated heterocycles. The van der Waals surface area contributed by atoms with Gasteiger partial charge in [-0.15, -0.1) is 12.8 Å². The molecule has 1 aliphatic rings. The van der Waals surface area contributed by atoms with Crippen LogP contribution in [0.5, 0.6) is 0 Å². The van der Waals surface area contributed by atoms with E-state index in [1.165, 1.54) is 12.7 Å². The number of methoxy groups -OCH3 is 1. The molecular formula is C25H29F6N3O. The Morgan fingerprint density at radius 1 is 1.00 bits per heavy atom. The number of benzene rings is 2. The molecule has 0 aliphatic carbocycles. The minimum absolute atomic E-state index is 0.0238. The second kappa shape index (κ2) is 12.5. The molecular weight excluding hydrogens is 472 g/mol. The lowest BCUT2D eigenvalue weighted by Gasteiger charge is -2.23. The molecule has 0 bridgehead atoms. The number of hydrogen-bond acceptors (Lipinski definition) is 2. The molecule has 2 aromatic carbocycles. The van der Waals surface area contributed by atoms with E-state index in [0.717, 1.165) is 19.0 Å². The van der Waals surface area contributed by atoms with Crippen LogP contribution >= 0.6 is 0 Å². The highest BCUT2D eigenvalue weighted by Gasteiger charge is 2.37. The molecule has 10 heteroatoms. The van der Waals surface area contributed by atoms with Crippen LogP contribution in [0.15, 0.2) is 53.5 Å². The summed E-state index contributed by atoms with van der Waals surface area (Å²) >= 11 is 0. The Hall–Kier alpha value is -3.19. The number of hydrogen-bond donors (Lipinski definition) is 1. The van der Waals surface area contributed by atoms with Crippen LogP contribution in [0.4, 0.5) is 26.3 Å². The van der Waals surface area contributed by atoms with E-state index in [1.807, 2.05) is 6.07 Å². The number of ether oxygens (including phenoxy) is 1.